The lowest BCUT2D eigenvalue weighted by atomic mass is 9.84. The Morgan fingerprint density at radius 3 is 3.00 bits per heavy atom. The molecule has 2 heteroatoms. The van der Waals surface area contributed by atoms with E-state index in [0.29, 0.717) is 0 Å². The highest BCUT2D eigenvalue weighted by atomic mass is 14.6. The molecule has 1 aromatic carbocycles. The number of fused-ring (bicyclic) bond motifs is 1. The van der Waals surface area contributed by atoms with E-state index in [4.69, 9.17) is 11.0 Å². The molecule has 0 saturated carbocycles. The van der Waals surface area contributed by atoms with Gasteiger partial charge in [0.25, 0.3) is 0 Å². The maximum Gasteiger partial charge on any atom is 0.0998 e. The highest BCUT2D eigenvalue weighted by Crippen LogP contribution is 2.31. The first-order valence-corrected chi connectivity index (χ1v) is 5.02. The minimum absolute atomic E-state index is 0.0632. The fourth-order valence-electron chi connectivity index (χ4n) is 2.22. The molecule has 0 heterocycles. The summed E-state index contributed by atoms with van der Waals surface area (Å²) >= 11 is 0. The molecule has 1 aliphatic rings. The van der Waals surface area contributed by atoms with E-state index in [9.17, 15) is 0 Å². The molecule has 0 spiro atoms. The smallest absolute Gasteiger partial charge is 0.0998 e. The lowest BCUT2D eigenvalue weighted by Crippen LogP contribution is -2.19. The van der Waals surface area contributed by atoms with Gasteiger partial charge in [-0.05, 0) is 42.9 Å². The number of nitrogens with zero attached hydrogens (tertiary/aromatic N) is 1. The predicted molar refractivity (Wildman–Crippen MR) is 55.8 cm³/mol. The van der Waals surface area contributed by atoms with E-state index in [1.165, 1.54) is 5.56 Å². The van der Waals surface area contributed by atoms with Gasteiger partial charge in [-0.1, -0.05) is 12.1 Å². The molecule has 14 heavy (non-hydrogen) atoms. The van der Waals surface area contributed by atoms with Crippen LogP contribution in [-0.2, 0) is 6.42 Å². The number of benzene rings is 1. The minimum Gasteiger partial charge on any atom is -0.324 e. The topological polar surface area (TPSA) is 49.8 Å². The molecule has 0 aliphatic heterocycles. The minimum atomic E-state index is 0.0632. The van der Waals surface area contributed by atoms with Crippen LogP contribution in [0.15, 0.2) is 12.1 Å². The molecule has 1 aliphatic carbocycles. The molecule has 1 aromatic rings. The summed E-state index contributed by atoms with van der Waals surface area (Å²) in [5.74, 6) is 0. The van der Waals surface area contributed by atoms with Gasteiger partial charge in [0.05, 0.1) is 11.6 Å². The summed E-state index contributed by atoms with van der Waals surface area (Å²) in [5, 5.41) is 9.09. The Bertz CT molecular complexity index is 402. The molecule has 0 fully saturated rings. The molecule has 0 amide bonds. The number of rotatable bonds is 0. The number of aryl methyl sites for hydroxylation is 2. The summed E-state index contributed by atoms with van der Waals surface area (Å²) in [6.45, 7) is 1.97. The fourth-order valence-corrected chi connectivity index (χ4v) is 2.22. The standard InChI is InChI=1S/C12H14N2/c1-8-5-6-9-3-2-4-11(14)12(9)10(8)7-13/h5-6,11H,2-4,14H2,1H3. The molecule has 2 N–H and O–H groups in total. The van der Waals surface area contributed by atoms with E-state index in [1.807, 2.05) is 13.0 Å². The third kappa shape index (κ3) is 1.30. The Morgan fingerprint density at radius 1 is 1.50 bits per heavy atom. The van der Waals surface area contributed by atoms with Gasteiger partial charge in [-0.15, -0.1) is 0 Å². The maximum atomic E-state index is 9.09. The molecule has 72 valence electrons. The van der Waals surface area contributed by atoms with Crippen LogP contribution in [0, 0.1) is 18.3 Å². The van der Waals surface area contributed by atoms with Gasteiger partial charge in [-0.3, -0.25) is 0 Å². The van der Waals surface area contributed by atoms with Gasteiger partial charge in [-0.25, -0.2) is 0 Å². The molecule has 0 radical (unpaired) electrons. The second kappa shape index (κ2) is 3.43. The van der Waals surface area contributed by atoms with Crippen LogP contribution in [0.5, 0.6) is 0 Å². The van der Waals surface area contributed by atoms with Gasteiger partial charge in [0.1, 0.15) is 0 Å². The summed E-state index contributed by atoms with van der Waals surface area (Å²) in [4.78, 5) is 0. The van der Waals surface area contributed by atoms with Crippen LogP contribution >= 0.6 is 0 Å². The van der Waals surface area contributed by atoms with E-state index in [-0.39, 0.29) is 6.04 Å². The van der Waals surface area contributed by atoms with Crippen molar-refractivity contribution in [3.05, 3.63) is 34.4 Å². The van der Waals surface area contributed by atoms with Crippen LogP contribution in [-0.4, -0.2) is 0 Å². The molecule has 1 unspecified atom stereocenters. The van der Waals surface area contributed by atoms with Gasteiger partial charge in [0.2, 0.25) is 0 Å². The van der Waals surface area contributed by atoms with Crippen molar-refractivity contribution < 1.29 is 0 Å². The van der Waals surface area contributed by atoms with Crippen LogP contribution in [0.2, 0.25) is 0 Å². The SMILES string of the molecule is Cc1ccc2c(c1C#N)C(N)CCC2. The normalized spacial score (nSPS) is 19.9. The molecule has 1 atom stereocenters. The van der Waals surface area contributed by atoms with Crippen molar-refractivity contribution in [2.24, 2.45) is 5.73 Å². The number of hydrogen-bond acceptors (Lipinski definition) is 2. The van der Waals surface area contributed by atoms with E-state index in [2.05, 4.69) is 12.1 Å². The third-order valence-electron chi connectivity index (χ3n) is 2.99. The molecule has 0 aromatic heterocycles. The average molecular weight is 186 g/mol. The largest absolute Gasteiger partial charge is 0.324 e. The van der Waals surface area contributed by atoms with Crippen molar-refractivity contribution >= 4 is 0 Å². The zero-order chi connectivity index (χ0) is 10.1. The Kier molecular flexibility index (Phi) is 2.26. The van der Waals surface area contributed by atoms with Crippen molar-refractivity contribution in [1.82, 2.24) is 0 Å². The highest BCUT2D eigenvalue weighted by Gasteiger charge is 2.20. The average Bonchev–Trinajstić information content (AvgIpc) is 2.19. The molecular weight excluding hydrogens is 172 g/mol. The number of hydrogen-bond donors (Lipinski definition) is 1. The van der Waals surface area contributed by atoms with Gasteiger partial charge in [0, 0.05) is 6.04 Å². The Labute approximate surface area is 84.3 Å². The van der Waals surface area contributed by atoms with Gasteiger partial charge in [0.15, 0.2) is 0 Å². The van der Waals surface area contributed by atoms with Crippen molar-refractivity contribution in [3.63, 3.8) is 0 Å². The van der Waals surface area contributed by atoms with E-state index >= 15 is 0 Å². The number of nitriles is 1. The Morgan fingerprint density at radius 2 is 2.29 bits per heavy atom. The molecule has 0 bridgehead atoms. The summed E-state index contributed by atoms with van der Waals surface area (Å²) in [6, 6.07) is 6.48. The summed E-state index contributed by atoms with van der Waals surface area (Å²) in [6.07, 6.45) is 3.21. The first-order valence-electron chi connectivity index (χ1n) is 5.02. The molecule has 2 rings (SSSR count). The first-order chi connectivity index (χ1) is 6.74. The van der Waals surface area contributed by atoms with Gasteiger partial charge < -0.3 is 5.73 Å². The zero-order valence-corrected chi connectivity index (χ0v) is 8.38. The lowest BCUT2D eigenvalue weighted by molar-refractivity contribution is 0.568. The summed E-state index contributed by atoms with van der Waals surface area (Å²) in [5.41, 5.74) is 10.3. The quantitative estimate of drug-likeness (QED) is 0.675. The predicted octanol–water partition coefficient (Wildman–Crippen LogP) is 2.20. The maximum absolute atomic E-state index is 9.09. The second-order valence-electron chi connectivity index (χ2n) is 3.94. The Hall–Kier alpha value is -1.33. The number of nitrogens with two attached hydrogens (primary N) is 1. The Balaban J connectivity index is 2.65. The third-order valence-corrected chi connectivity index (χ3v) is 2.99. The highest BCUT2D eigenvalue weighted by molar-refractivity contribution is 5.50. The van der Waals surface area contributed by atoms with Crippen LogP contribution in [0.1, 0.15) is 41.1 Å². The second-order valence-corrected chi connectivity index (χ2v) is 3.94. The van der Waals surface area contributed by atoms with Gasteiger partial charge in [-0.2, -0.15) is 5.26 Å². The first kappa shape index (κ1) is 9.23. The van der Waals surface area contributed by atoms with Crippen LogP contribution in [0.25, 0.3) is 0 Å². The summed E-state index contributed by atoms with van der Waals surface area (Å²) < 4.78 is 0. The van der Waals surface area contributed by atoms with E-state index < -0.39 is 0 Å². The van der Waals surface area contributed by atoms with Crippen LogP contribution < -0.4 is 5.73 Å². The lowest BCUT2D eigenvalue weighted by Gasteiger charge is -2.24. The monoisotopic (exact) mass is 186 g/mol. The van der Waals surface area contributed by atoms with E-state index in [1.54, 1.807) is 0 Å². The molecule has 2 nitrogen and oxygen atoms in total. The van der Waals surface area contributed by atoms with Crippen LogP contribution in [0.4, 0.5) is 0 Å². The van der Waals surface area contributed by atoms with E-state index in [0.717, 1.165) is 36.0 Å². The van der Waals surface area contributed by atoms with Crippen molar-refractivity contribution in [1.29, 1.82) is 5.26 Å². The summed E-state index contributed by atoms with van der Waals surface area (Å²) in [7, 11) is 0. The molecule has 0 saturated heterocycles. The van der Waals surface area contributed by atoms with Gasteiger partial charge >= 0.3 is 0 Å². The molecular formula is C12H14N2. The van der Waals surface area contributed by atoms with Crippen molar-refractivity contribution in [3.8, 4) is 6.07 Å². The van der Waals surface area contributed by atoms with Crippen LogP contribution in [0.3, 0.4) is 0 Å². The van der Waals surface area contributed by atoms with Crippen molar-refractivity contribution in [2.45, 2.75) is 32.2 Å². The fraction of sp³-hybridized carbons (Fsp3) is 0.417. The zero-order valence-electron chi connectivity index (χ0n) is 8.38. The van der Waals surface area contributed by atoms with Crippen molar-refractivity contribution in [2.75, 3.05) is 0 Å².